The van der Waals surface area contributed by atoms with Crippen LogP contribution >= 0.6 is 0 Å². The molecule has 3 rings (SSSR count). The molecule has 0 heterocycles. The van der Waals surface area contributed by atoms with Gasteiger partial charge in [0.05, 0.1) is 0 Å². The molecule has 142 valence electrons. The van der Waals surface area contributed by atoms with Gasteiger partial charge in [-0.25, -0.2) is 4.39 Å². The number of hydrogen-bond donors (Lipinski definition) is 1. The molecule has 2 aromatic carbocycles. The summed E-state index contributed by atoms with van der Waals surface area (Å²) in [4.78, 5) is 0. The zero-order chi connectivity index (χ0) is 19.2. The minimum absolute atomic E-state index is 0.0170. The van der Waals surface area contributed by atoms with Crippen LogP contribution in [0.25, 0.3) is 17.2 Å². The molecule has 1 saturated carbocycles. The second kappa shape index (κ2) is 9.14. The molecule has 2 aromatic rings. The molecule has 27 heavy (non-hydrogen) atoms. The van der Waals surface area contributed by atoms with Gasteiger partial charge in [0, 0.05) is 18.5 Å². The lowest BCUT2D eigenvalue weighted by Crippen LogP contribution is -2.39. The van der Waals surface area contributed by atoms with Crippen molar-refractivity contribution in [3.63, 3.8) is 0 Å². The third-order valence-electron chi connectivity index (χ3n) is 5.56. The van der Waals surface area contributed by atoms with Gasteiger partial charge in [-0.15, -0.1) is 0 Å². The van der Waals surface area contributed by atoms with Gasteiger partial charge in [-0.2, -0.15) is 0 Å². The lowest BCUT2D eigenvalue weighted by molar-refractivity contribution is 0.229. The van der Waals surface area contributed by atoms with Crippen LogP contribution in [0.4, 0.5) is 4.39 Å². The highest BCUT2D eigenvalue weighted by molar-refractivity contribution is 5.65. The Balaban J connectivity index is 1.58. The van der Waals surface area contributed by atoms with Crippen molar-refractivity contribution < 1.29 is 4.39 Å². The first-order valence-corrected chi connectivity index (χ1v) is 9.94. The summed E-state index contributed by atoms with van der Waals surface area (Å²) < 4.78 is 13.9. The topological polar surface area (TPSA) is 12.0 Å². The van der Waals surface area contributed by atoms with Crippen LogP contribution in [-0.2, 0) is 0 Å². The highest BCUT2D eigenvalue weighted by Crippen LogP contribution is 2.35. The van der Waals surface area contributed by atoms with Crippen molar-refractivity contribution in [3.8, 4) is 11.1 Å². The summed E-state index contributed by atoms with van der Waals surface area (Å²) in [6, 6.07) is 19.1. The van der Waals surface area contributed by atoms with Crippen molar-refractivity contribution >= 4 is 6.08 Å². The predicted octanol–water partition coefficient (Wildman–Crippen LogP) is 6.43. The average molecular weight is 364 g/mol. The lowest BCUT2D eigenvalue weighted by atomic mass is 9.91. The van der Waals surface area contributed by atoms with E-state index in [1.54, 1.807) is 6.92 Å². The Bertz CT molecular complexity index is 781. The molecule has 0 saturated heterocycles. The number of allylic oxidation sites excluding steroid dienone is 1. The summed E-state index contributed by atoms with van der Waals surface area (Å²) in [5, 5.41) is 3.54. The van der Waals surface area contributed by atoms with Gasteiger partial charge in [0.25, 0.3) is 0 Å². The van der Waals surface area contributed by atoms with Crippen molar-refractivity contribution in [1.82, 2.24) is 5.32 Å². The van der Waals surface area contributed by atoms with E-state index < -0.39 is 6.17 Å². The summed E-state index contributed by atoms with van der Waals surface area (Å²) in [6.07, 6.45) is 5.81. The van der Waals surface area contributed by atoms with Crippen LogP contribution in [0.3, 0.4) is 0 Å². The first-order chi connectivity index (χ1) is 13.1. The van der Waals surface area contributed by atoms with Crippen molar-refractivity contribution in [2.45, 2.75) is 45.8 Å². The molecule has 0 bridgehead atoms. The van der Waals surface area contributed by atoms with Gasteiger partial charge >= 0.3 is 0 Å². The van der Waals surface area contributed by atoms with Crippen molar-refractivity contribution in [2.75, 3.05) is 6.54 Å². The number of halogens is 1. The molecule has 2 heteroatoms. The predicted molar refractivity (Wildman–Crippen MR) is 114 cm³/mol. The fraction of sp³-hybridized carbons (Fsp3) is 0.360. The number of hydrogen-bond acceptors (Lipinski definition) is 1. The van der Waals surface area contributed by atoms with E-state index in [9.17, 15) is 4.39 Å². The maximum atomic E-state index is 13.9. The van der Waals surface area contributed by atoms with Gasteiger partial charge in [0.1, 0.15) is 6.17 Å². The maximum Gasteiger partial charge on any atom is 0.102 e. The Kier molecular flexibility index (Phi) is 6.63. The Morgan fingerprint density at radius 1 is 1.00 bits per heavy atom. The highest BCUT2D eigenvalue weighted by atomic mass is 19.1. The van der Waals surface area contributed by atoms with E-state index in [2.05, 4.69) is 72.9 Å². The Hall–Kier alpha value is -2.19. The third-order valence-corrected chi connectivity index (χ3v) is 5.56. The standard InChI is InChI=1S/C25H30FN/c1-18(20(3)26)25(19(2)22-15-16-22)27-17-7-8-21-11-13-24(14-12-21)23-9-5-4-6-10-23/h4-14,18,20,25,27H,15-17H2,1-3H3/b8-7+. The van der Waals surface area contributed by atoms with E-state index >= 15 is 0 Å². The number of rotatable bonds is 8. The zero-order valence-electron chi connectivity index (χ0n) is 16.6. The fourth-order valence-corrected chi connectivity index (χ4v) is 3.48. The van der Waals surface area contributed by atoms with E-state index in [1.807, 2.05) is 13.0 Å². The molecule has 1 aliphatic rings. The van der Waals surface area contributed by atoms with Crippen LogP contribution in [0, 0.1) is 5.92 Å². The molecule has 0 aliphatic heterocycles. The Labute approximate surface area is 163 Å². The lowest BCUT2D eigenvalue weighted by Gasteiger charge is -2.27. The largest absolute Gasteiger partial charge is 0.306 e. The first-order valence-electron chi connectivity index (χ1n) is 9.94. The summed E-state index contributed by atoms with van der Waals surface area (Å²) >= 11 is 0. The summed E-state index contributed by atoms with van der Waals surface area (Å²) in [5.41, 5.74) is 6.48. The first kappa shape index (κ1) is 19.6. The van der Waals surface area contributed by atoms with Crippen LogP contribution in [-0.4, -0.2) is 18.8 Å². The third kappa shape index (κ3) is 5.40. The molecule has 1 nitrogen and oxygen atoms in total. The van der Waals surface area contributed by atoms with Gasteiger partial charge in [-0.05, 0) is 43.4 Å². The van der Waals surface area contributed by atoms with E-state index in [4.69, 9.17) is 0 Å². The van der Waals surface area contributed by atoms with Crippen LogP contribution < -0.4 is 5.32 Å². The van der Waals surface area contributed by atoms with Gasteiger partial charge in [0.2, 0.25) is 0 Å². The van der Waals surface area contributed by atoms with Gasteiger partial charge in [0.15, 0.2) is 0 Å². The van der Waals surface area contributed by atoms with Crippen LogP contribution in [0.1, 0.15) is 39.2 Å². The van der Waals surface area contributed by atoms with Crippen LogP contribution in [0.15, 0.2) is 71.8 Å². The van der Waals surface area contributed by atoms with E-state index in [1.165, 1.54) is 40.7 Å². The molecule has 0 radical (unpaired) electrons. The summed E-state index contributed by atoms with van der Waals surface area (Å²) in [6.45, 7) is 6.56. The van der Waals surface area contributed by atoms with Gasteiger partial charge in [-0.1, -0.05) is 84.8 Å². The molecular weight excluding hydrogens is 333 g/mol. The van der Waals surface area contributed by atoms with Gasteiger partial charge < -0.3 is 5.32 Å². The molecule has 0 aromatic heterocycles. The molecular formula is C25H30FN. The van der Waals surface area contributed by atoms with Crippen molar-refractivity contribution in [3.05, 3.63) is 77.4 Å². The fourth-order valence-electron chi connectivity index (χ4n) is 3.48. The molecule has 1 N–H and O–H groups in total. The highest BCUT2D eigenvalue weighted by Gasteiger charge is 2.27. The van der Waals surface area contributed by atoms with E-state index in [0.717, 1.165) is 6.54 Å². The summed E-state index contributed by atoms with van der Waals surface area (Å²) in [7, 11) is 0. The zero-order valence-corrected chi connectivity index (χ0v) is 16.6. The van der Waals surface area contributed by atoms with E-state index in [0.29, 0.717) is 0 Å². The smallest absolute Gasteiger partial charge is 0.102 e. The molecule has 1 fully saturated rings. The SMILES string of the molecule is CC(=C1CC1)C(NC/C=C/c1ccc(-c2ccccc2)cc1)C(C)C(C)F. The number of alkyl halides is 1. The normalized spacial score (nSPS) is 17.0. The minimum atomic E-state index is -0.814. The average Bonchev–Trinajstić information content (AvgIpc) is 3.53. The molecule has 3 atom stereocenters. The molecule has 3 unspecified atom stereocenters. The van der Waals surface area contributed by atoms with Crippen molar-refractivity contribution in [1.29, 1.82) is 0 Å². The van der Waals surface area contributed by atoms with Gasteiger partial charge in [-0.3, -0.25) is 0 Å². The van der Waals surface area contributed by atoms with Crippen molar-refractivity contribution in [2.24, 2.45) is 5.92 Å². The van der Waals surface area contributed by atoms with E-state index in [-0.39, 0.29) is 12.0 Å². The second-order valence-electron chi connectivity index (χ2n) is 7.60. The molecule has 0 amide bonds. The minimum Gasteiger partial charge on any atom is -0.306 e. The number of benzene rings is 2. The maximum absolute atomic E-state index is 13.9. The second-order valence-corrected chi connectivity index (χ2v) is 7.60. The molecule has 1 aliphatic carbocycles. The molecule has 0 spiro atoms. The Morgan fingerprint density at radius 2 is 1.63 bits per heavy atom. The Morgan fingerprint density at radius 3 is 2.22 bits per heavy atom. The monoisotopic (exact) mass is 363 g/mol. The summed E-state index contributed by atoms with van der Waals surface area (Å²) in [5.74, 6) is -0.0170. The van der Waals surface area contributed by atoms with Crippen LogP contribution in [0.5, 0.6) is 0 Å². The number of nitrogens with one attached hydrogen (secondary N) is 1. The quantitative estimate of drug-likeness (QED) is 0.533. The van der Waals surface area contributed by atoms with Crippen LogP contribution in [0.2, 0.25) is 0 Å².